The van der Waals surface area contributed by atoms with Crippen LogP contribution in [0.4, 0.5) is 11.5 Å². The van der Waals surface area contributed by atoms with Crippen molar-refractivity contribution in [1.82, 2.24) is 15.3 Å². The van der Waals surface area contributed by atoms with Crippen LogP contribution in [0.1, 0.15) is 42.4 Å². The standard InChI is InChI=1S/C21H29N5O/c1-15-7-6-8-18(16(15)2)25-9-11-26(12-10-25)19-13-17(22-14-23-19)20(27)24-21(3,4)5/h6-8,13-14H,9-12H2,1-5H3,(H,24,27). The molecular formula is C21H29N5O. The Morgan fingerprint density at radius 2 is 1.70 bits per heavy atom. The molecule has 2 heterocycles. The third kappa shape index (κ3) is 4.56. The molecule has 1 fully saturated rings. The fourth-order valence-corrected chi connectivity index (χ4v) is 3.30. The molecule has 1 aromatic carbocycles. The molecule has 1 amide bonds. The number of piperazine rings is 1. The van der Waals surface area contributed by atoms with Gasteiger partial charge < -0.3 is 15.1 Å². The zero-order chi connectivity index (χ0) is 19.6. The smallest absolute Gasteiger partial charge is 0.270 e. The summed E-state index contributed by atoms with van der Waals surface area (Å²) < 4.78 is 0. The number of rotatable bonds is 3. The summed E-state index contributed by atoms with van der Waals surface area (Å²) in [6, 6.07) is 8.25. The number of benzene rings is 1. The van der Waals surface area contributed by atoms with Crippen molar-refractivity contribution in [3.63, 3.8) is 0 Å². The number of anilines is 2. The highest BCUT2D eigenvalue weighted by Gasteiger charge is 2.22. The van der Waals surface area contributed by atoms with Crippen LogP contribution in [-0.2, 0) is 0 Å². The van der Waals surface area contributed by atoms with Crippen molar-refractivity contribution in [3.05, 3.63) is 47.4 Å². The molecule has 3 rings (SSSR count). The van der Waals surface area contributed by atoms with Crippen molar-refractivity contribution in [2.24, 2.45) is 0 Å². The first-order valence-electron chi connectivity index (χ1n) is 9.45. The Kier molecular flexibility index (Phi) is 5.35. The van der Waals surface area contributed by atoms with Gasteiger partial charge in [-0.15, -0.1) is 0 Å². The summed E-state index contributed by atoms with van der Waals surface area (Å²) in [6.07, 6.45) is 1.48. The van der Waals surface area contributed by atoms with Crippen molar-refractivity contribution < 1.29 is 4.79 Å². The monoisotopic (exact) mass is 367 g/mol. The number of nitrogens with zero attached hydrogens (tertiary/aromatic N) is 4. The van der Waals surface area contributed by atoms with E-state index in [2.05, 4.69) is 57.1 Å². The third-order valence-electron chi connectivity index (χ3n) is 4.89. The number of nitrogens with one attached hydrogen (secondary N) is 1. The van der Waals surface area contributed by atoms with Gasteiger partial charge in [-0.1, -0.05) is 12.1 Å². The van der Waals surface area contributed by atoms with Crippen molar-refractivity contribution in [2.45, 2.75) is 40.2 Å². The van der Waals surface area contributed by atoms with Gasteiger partial charge >= 0.3 is 0 Å². The van der Waals surface area contributed by atoms with Crippen LogP contribution in [-0.4, -0.2) is 47.6 Å². The van der Waals surface area contributed by atoms with Gasteiger partial charge in [0.2, 0.25) is 0 Å². The molecule has 0 unspecified atom stereocenters. The predicted octanol–water partition coefficient (Wildman–Crippen LogP) is 2.95. The fraction of sp³-hybridized carbons (Fsp3) is 0.476. The highest BCUT2D eigenvalue weighted by atomic mass is 16.2. The van der Waals surface area contributed by atoms with Gasteiger partial charge in [0.05, 0.1) is 0 Å². The average Bonchev–Trinajstić information content (AvgIpc) is 2.63. The lowest BCUT2D eigenvalue weighted by molar-refractivity contribution is 0.0914. The molecular weight excluding hydrogens is 338 g/mol. The minimum absolute atomic E-state index is 0.167. The van der Waals surface area contributed by atoms with Crippen molar-refractivity contribution >= 4 is 17.4 Å². The van der Waals surface area contributed by atoms with E-state index in [0.717, 1.165) is 32.0 Å². The van der Waals surface area contributed by atoms with E-state index < -0.39 is 0 Å². The van der Waals surface area contributed by atoms with Crippen molar-refractivity contribution in [1.29, 1.82) is 0 Å². The quantitative estimate of drug-likeness (QED) is 0.904. The van der Waals surface area contributed by atoms with Gasteiger partial charge in [0.1, 0.15) is 17.8 Å². The molecule has 1 aromatic heterocycles. The number of hydrogen-bond acceptors (Lipinski definition) is 5. The Balaban J connectivity index is 1.69. The second kappa shape index (κ2) is 7.55. The zero-order valence-electron chi connectivity index (χ0n) is 16.9. The molecule has 0 radical (unpaired) electrons. The SMILES string of the molecule is Cc1cccc(N2CCN(c3cc(C(=O)NC(C)(C)C)ncn3)CC2)c1C. The van der Waals surface area contributed by atoms with Gasteiger partial charge in [-0.05, 0) is 51.8 Å². The average molecular weight is 367 g/mol. The second-order valence-corrected chi connectivity index (χ2v) is 8.16. The van der Waals surface area contributed by atoms with Crippen LogP contribution in [0.25, 0.3) is 0 Å². The molecule has 0 aliphatic carbocycles. The van der Waals surface area contributed by atoms with E-state index in [0.29, 0.717) is 5.69 Å². The Morgan fingerprint density at radius 1 is 1.04 bits per heavy atom. The predicted molar refractivity (Wildman–Crippen MR) is 110 cm³/mol. The van der Waals surface area contributed by atoms with Crippen LogP contribution >= 0.6 is 0 Å². The van der Waals surface area contributed by atoms with Crippen LogP contribution in [0.15, 0.2) is 30.6 Å². The number of carbonyl (C=O) groups is 1. The molecule has 144 valence electrons. The molecule has 0 atom stereocenters. The lowest BCUT2D eigenvalue weighted by atomic mass is 10.1. The molecule has 6 nitrogen and oxygen atoms in total. The Morgan fingerprint density at radius 3 is 2.37 bits per heavy atom. The van der Waals surface area contributed by atoms with Crippen LogP contribution in [0.3, 0.4) is 0 Å². The zero-order valence-corrected chi connectivity index (χ0v) is 16.9. The third-order valence-corrected chi connectivity index (χ3v) is 4.89. The number of hydrogen-bond donors (Lipinski definition) is 1. The van der Waals surface area contributed by atoms with Gasteiger partial charge in [-0.2, -0.15) is 0 Å². The number of aromatic nitrogens is 2. The van der Waals surface area contributed by atoms with Crippen LogP contribution in [0.2, 0.25) is 0 Å². The number of amides is 1. The molecule has 1 aliphatic rings. The highest BCUT2D eigenvalue weighted by Crippen LogP contribution is 2.25. The van der Waals surface area contributed by atoms with Gasteiger partial charge in [0.15, 0.2) is 0 Å². The summed E-state index contributed by atoms with van der Waals surface area (Å²) >= 11 is 0. The van der Waals surface area contributed by atoms with E-state index in [-0.39, 0.29) is 11.4 Å². The van der Waals surface area contributed by atoms with E-state index in [1.807, 2.05) is 20.8 Å². The molecule has 6 heteroatoms. The van der Waals surface area contributed by atoms with E-state index in [1.54, 1.807) is 6.07 Å². The molecule has 0 spiro atoms. The van der Waals surface area contributed by atoms with Crippen molar-refractivity contribution in [3.8, 4) is 0 Å². The summed E-state index contributed by atoms with van der Waals surface area (Å²) in [5.74, 6) is 0.643. The Labute approximate surface area is 161 Å². The summed E-state index contributed by atoms with van der Waals surface area (Å²) in [7, 11) is 0. The molecule has 1 N–H and O–H groups in total. The minimum Gasteiger partial charge on any atom is -0.368 e. The molecule has 0 saturated carbocycles. The maximum atomic E-state index is 12.4. The van der Waals surface area contributed by atoms with E-state index in [9.17, 15) is 4.79 Å². The maximum absolute atomic E-state index is 12.4. The normalized spacial score (nSPS) is 15.0. The summed E-state index contributed by atoms with van der Waals surface area (Å²) in [4.78, 5) is 25.5. The lowest BCUT2D eigenvalue weighted by Crippen LogP contribution is -2.47. The molecule has 2 aromatic rings. The second-order valence-electron chi connectivity index (χ2n) is 8.16. The van der Waals surface area contributed by atoms with Crippen LogP contribution in [0.5, 0.6) is 0 Å². The molecule has 0 bridgehead atoms. The molecule has 27 heavy (non-hydrogen) atoms. The fourth-order valence-electron chi connectivity index (χ4n) is 3.30. The summed E-state index contributed by atoms with van der Waals surface area (Å²) in [6.45, 7) is 13.8. The van der Waals surface area contributed by atoms with Gasteiger partial charge in [0, 0.05) is 43.5 Å². The maximum Gasteiger partial charge on any atom is 0.270 e. The van der Waals surface area contributed by atoms with Crippen LogP contribution < -0.4 is 15.1 Å². The largest absolute Gasteiger partial charge is 0.368 e. The Bertz CT molecular complexity index is 820. The van der Waals surface area contributed by atoms with E-state index >= 15 is 0 Å². The van der Waals surface area contributed by atoms with E-state index in [1.165, 1.54) is 23.1 Å². The highest BCUT2D eigenvalue weighted by molar-refractivity contribution is 5.93. The number of carbonyl (C=O) groups excluding carboxylic acids is 1. The van der Waals surface area contributed by atoms with Gasteiger partial charge in [-0.25, -0.2) is 9.97 Å². The first-order chi connectivity index (χ1) is 12.7. The topological polar surface area (TPSA) is 61.4 Å². The summed E-state index contributed by atoms with van der Waals surface area (Å²) in [5, 5.41) is 2.95. The lowest BCUT2D eigenvalue weighted by Gasteiger charge is -2.37. The van der Waals surface area contributed by atoms with Gasteiger partial charge in [0.25, 0.3) is 5.91 Å². The number of aryl methyl sites for hydroxylation is 1. The van der Waals surface area contributed by atoms with Gasteiger partial charge in [-0.3, -0.25) is 4.79 Å². The molecule has 1 saturated heterocycles. The van der Waals surface area contributed by atoms with Crippen LogP contribution in [0, 0.1) is 13.8 Å². The van der Waals surface area contributed by atoms with E-state index in [4.69, 9.17) is 0 Å². The Hall–Kier alpha value is -2.63. The first kappa shape index (κ1) is 19.1. The first-order valence-corrected chi connectivity index (χ1v) is 9.45. The molecule has 1 aliphatic heterocycles. The summed E-state index contributed by atoms with van der Waals surface area (Å²) in [5.41, 5.74) is 4.09. The minimum atomic E-state index is -0.292. The van der Waals surface area contributed by atoms with Crippen molar-refractivity contribution in [2.75, 3.05) is 36.0 Å².